The first-order valence-corrected chi connectivity index (χ1v) is 7.82. The first kappa shape index (κ1) is 19.5. The Morgan fingerprint density at radius 3 is 2.64 bits per heavy atom. The highest BCUT2D eigenvalue weighted by molar-refractivity contribution is 6.03. The zero-order valence-corrected chi connectivity index (χ0v) is 14.3. The van der Waals surface area contributed by atoms with Crippen molar-refractivity contribution in [2.24, 2.45) is 10.7 Å². The molecule has 0 saturated heterocycles. The molecule has 2 heterocycles. The largest absolute Gasteiger partial charge is 0.459 e. The zero-order chi connectivity index (χ0) is 20.7. The van der Waals surface area contributed by atoms with Crippen LogP contribution in [0.15, 0.2) is 35.5 Å². The van der Waals surface area contributed by atoms with Crippen LogP contribution in [0, 0.1) is 17.5 Å². The van der Waals surface area contributed by atoms with Gasteiger partial charge in [0.2, 0.25) is 0 Å². The highest BCUT2D eigenvalue weighted by Gasteiger charge is 2.56. The number of aliphatic imine (C=N–C) groups is 1. The summed E-state index contributed by atoms with van der Waals surface area (Å²) in [5.41, 5.74) is 1.36. The Hall–Kier alpha value is -3.24. The van der Waals surface area contributed by atoms with E-state index in [9.17, 15) is 26.7 Å². The summed E-state index contributed by atoms with van der Waals surface area (Å²) in [6, 6.07) is 2.96. The van der Waals surface area contributed by atoms with Gasteiger partial charge in [0, 0.05) is 17.4 Å². The van der Waals surface area contributed by atoms with Crippen LogP contribution in [-0.2, 0) is 10.3 Å². The molecule has 0 spiro atoms. The van der Waals surface area contributed by atoms with Crippen LogP contribution in [0.4, 0.5) is 27.6 Å². The van der Waals surface area contributed by atoms with Crippen molar-refractivity contribution >= 4 is 17.6 Å². The van der Waals surface area contributed by atoms with Gasteiger partial charge < -0.3 is 15.8 Å². The number of amidine groups is 1. The van der Waals surface area contributed by atoms with Gasteiger partial charge in [0.25, 0.3) is 11.9 Å². The number of rotatable bonds is 3. The van der Waals surface area contributed by atoms with Crippen molar-refractivity contribution in [2.45, 2.75) is 18.4 Å². The third-order valence-corrected chi connectivity index (χ3v) is 4.25. The number of amides is 1. The molecule has 1 aliphatic heterocycles. The van der Waals surface area contributed by atoms with Crippen LogP contribution in [0.2, 0.25) is 0 Å². The Kier molecular flexibility index (Phi) is 4.69. The van der Waals surface area contributed by atoms with Crippen LogP contribution >= 0.6 is 0 Å². The summed E-state index contributed by atoms with van der Waals surface area (Å²) in [4.78, 5) is 19.1. The number of hydrogen-bond donors (Lipinski definition) is 2. The summed E-state index contributed by atoms with van der Waals surface area (Å²) in [5.74, 6) is -8.58. The van der Waals surface area contributed by atoms with Gasteiger partial charge in [-0.1, -0.05) is 0 Å². The van der Waals surface area contributed by atoms with E-state index in [1.807, 2.05) is 0 Å². The van der Waals surface area contributed by atoms with Crippen LogP contribution < -0.4 is 11.1 Å². The van der Waals surface area contributed by atoms with E-state index in [2.05, 4.69) is 20.0 Å². The highest BCUT2D eigenvalue weighted by Crippen LogP contribution is 2.44. The number of halogens is 5. The molecule has 28 heavy (non-hydrogen) atoms. The average Bonchev–Trinajstić information content (AvgIpc) is 2.62. The first-order valence-electron chi connectivity index (χ1n) is 7.82. The van der Waals surface area contributed by atoms with Gasteiger partial charge in [-0.3, -0.25) is 4.79 Å². The Morgan fingerprint density at radius 2 is 1.93 bits per heavy atom. The summed E-state index contributed by atoms with van der Waals surface area (Å²) in [6.07, 6.45) is 0.879. The number of carbonyl (C=O) groups excluding carboxylic acids is 1. The molecule has 1 aliphatic rings. The number of nitrogens with zero attached hydrogens (tertiary/aromatic N) is 2. The van der Waals surface area contributed by atoms with Crippen LogP contribution in [0.5, 0.6) is 0 Å². The number of alkyl halides is 2. The van der Waals surface area contributed by atoms with Crippen molar-refractivity contribution in [3.63, 3.8) is 0 Å². The lowest BCUT2D eigenvalue weighted by atomic mass is 9.85. The van der Waals surface area contributed by atoms with E-state index in [1.165, 1.54) is 0 Å². The summed E-state index contributed by atoms with van der Waals surface area (Å²) < 4.78 is 74.6. The number of pyridine rings is 1. The second kappa shape index (κ2) is 6.73. The number of hydrogen-bond acceptors (Lipinski definition) is 5. The third kappa shape index (κ3) is 3.23. The van der Waals surface area contributed by atoms with E-state index < -0.39 is 58.7 Å². The lowest BCUT2D eigenvalue weighted by Gasteiger charge is -2.37. The minimum Gasteiger partial charge on any atom is -0.459 e. The van der Waals surface area contributed by atoms with Crippen molar-refractivity contribution in [2.75, 3.05) is 11.9 Å². The second-order valence-corrected chi connectivity index (χ2v) is 6.12. The molecule has 0 aliphatic carbocycles. The van der Waals surface area contributed by atoms with Gasteiger partial charge in [0.05, 0.1) is 0 Å². The maximum absolute atomic E-state index is 14.4. The fourth-order valence-corrected chi connectivity index (χ4v) is 2.64. The Morgan fingerprint density at radius 1 is 1.21 bits per heavy atom. The second-order valence-electron chi connectivity index (χ2n) is 6.12. The average molecular weight is 400 g/mol. The van der Waals surface area contributed by atoms with E-state index in [-0.39, 0.29) is 5.69 Å². The van der Waals surface area contributed by atoms with Gasteiger partial charge in [-0.15, -0.1) is 0 Å². The Balaban J connectivity index is 1.99. The molecular formula is C17H13F5N4O2. The van der Waals surface area contributed by atoms with Gasteiger partial charge in [-0.05, 0) is 31.2 Å². The molecule has 148 valence electrons. The molecule has 0 unspecified atom stereocenters. The van der Waals surface area contributed by atoms with Gasteiger partial charge in [0.15, 0.2) is 29.5 Å². The SMILES string of the molecule is C[C@]1(c2cc(NC(=O)c3nccc(F)c3F)ccc2F)N=C(N)OCC1(F)F. The molecule has 0 bridgehead atoms. The molecule has 2 aromatic rings. The minimum absolute atomic E-state index is 0.163. The predicted molar refractivity (Wildman–Crippen MR) is 88.4 cm³/mol. The molecule has 1 atom stereocenters. The molecule has 3 rings (SSSR count). The number of carbonyl (C=O) groups is 1. The van der Waals surface area contributed by atoms with Crippen LogP contribution in [-0.4, -0.2) is 29.4 Å². The molecule has 0 radical (unpaired) electrons. The number of aromatic nitrogens is 1. The predicted octanol–water partition coefficient (Wildman–Crippen LogP) is 2.95. The number of ether oxygens (including phenoxy) is 1. The van der Waals surface area contributed by atoms with Crippen molar-refractivity contribution in [3.05, 3.63) is 59.2 Å². The van der Waals surface area contributed by atoms with Crippen molar-refractivity contribution in [1.82, 2.24) is 4.98 Å². The maximum atomic E-state index is 14.4. The quantitative estimate of drug-likeness (QED) is 0.776. The monoisotopic (exact) mass is 400 g/mol. The summed E-state index contributed by atoms with van der Waals surface area (Å²) in [7, 11) is 0. The summed E-state index contributed by atoms with van der Waals surface area (Å²) >= 11 is 0. The first-order chi connectivity index (χ1) is 13.0. The molecule has 0 saturated carbocycles. The van der Waals surface area contributed by atoms with Gasteiger partial charge in [0.1, 0.15) is 5.82 Å². The fourth-order valence-electron chi connectivity index (χ4n) is 2.64. The molecule has 1 amide bonds. The Labute approximate surface area is 155 Å². The molecule has 1 aromatic heterocycles. The van der Waals surface area contributed by atoms with Gasteiger partial charge in [-0.25, -0.2) is 23.1 Å². The van der Waals surface area contributed by atoms with Crippen LogP contribution in [0.3, 0.4) is 0 Å². The number of anilines is 1. The lowest BCUT2D eigenvalue weighted by Crippen LogP contribution is -2.51. The minimum atomic E-state index is -3.62. The molecule has 1 aromatic carbocycles. The van der Waals surface area contributed by atoms with E-state index in [1.54, 1.807) is 0 Å². The van der Waals surface area contributed by atoms with Crippen molar-refractivity contribution in [3.8, 4) is 0 Å². The van der Waals surface area contributed by atoms with Gasteiger partial charge in [-0.2, -0.15) is 8.78 Å². The van der Waals surface area contributed by atoms with Crippen molar-refractivity contribution in [1.29, 1.82) is 0 Å². The molecule has 0 fully saturated rings. The summed E-state index contributed by atoms with van der Waals surface area (Å²) in [6.45, 7) is -0.159. The summed E-state index contributed by atoms with van der Waals surface area (Å²) in [5, 5.41) is 2.16. The van der Waals surface area contributed by atoms with E-state index in [0.717, 1.165) is 37.4 Å². The smallest absolute Gasteiger partial charge is 0.310 e. The normalized spacial score (nSPS) is 20.9. The van der Waals surface area contributed by atoms with Crippen molar-refractivity contribution < 1.29 is 31.5 Å². The third-order valence-electron chi connectivity index (χ3n) is 4.25. The standard InChI is InChI=1S/C17H13F5N4O2/c1-16(17(21,22)7-28-15(23)26-16)9-6-8(2-3-10(9)18)25-14(27)13-12(20)11(19)4-5-24-13/h2-6H,7H2,1H3,(H2,23,26)(H,25,27)/t16-/m1/s1. The molecule has 3 N–H and O–H groups in total. The maximum Gasteiger partial charge on any atom is 0.310 e. The highest BCUT2D eigenvalue weighted by atomic mass is 19.3. The molecular weight excluding hydrogens is 387 g/mol. The van der Waals surface area contributed by atoms with Crippen LogP contribution in [0.1, 0.15) is 23.0 Å². The number of nitrogens with two attached hydrogens (primary N) is 1. The number of benzene rings is 1. The van der Waals surface area contributed by atoms with E-state index >= 15 is 0 Å². The van der Waals surface area contributed by atoms with Gasteiger partial charge >= 0.3 is 5.92 Å². The topological polar surface area (TPSA) is 89.6 Å². The number of nitrogens with one attached hydrogen (secondary N) is 1. The van der Waals surface area contributed by atoms with Crippen LogP contribution in [0.25, 0.3) is 0 Å². The van der Waals surface area contributed by atoms with E-state index in [0.29, 0.717) is 0 Å². The zero-order valence-electron chi connectivity index (χ0n) is 14.3. The molecule has 11 heteroatoms. The van der Waals surface area contributed by atoms with E-state index in [4.69, 9.17) is 5.73 Å². The molecule has 6 nitrogen and oxygen atoms in total. The Bertz CT molecular complexity index is 982. The fraction of sp³-hybridized carbons (Fsp3) is 0.235. The lowest BCUT2D eigenvalue weighted by molar-refractivity contribution is -0.117.